The van der Waals surface area contributed by atoms with Crippen molar-refractivity contribution in [3.05, 3.63) is 64.6 Å². The number of aryl methyl sites for hydroxylation is 1. The first kappa shape index (κ1) is 15.1. The lowest BCUT2D eigenvalue weighted by atomic mass is 9.88. The average molecular weight is 354 g/mol. The molecule has 0 amide bonds. The molecule has 0 radical (unpaired) electrons. The van der Waals surface area contributed by atoms with Crippen LogP contribution in [0.4, 0.5) is 0 Å². The van der Waals surface area contributed by atoms with Gasteiger partial charge in [-0.3, -0.25) is 4.99 Å². The summed E-state index contributed by atoms with van der Waals surface area (Å²) in [5, 5.41) is 0. The van der Waals surface area contributed by atoms with Crippen molar-refractivity contribution in [2.45, 2.75) is 43.3 Å². The van der Waals surface area contributed by atoms with Gasteiger partial charge in [0.2, 0.25) is 0 Å². The summed E-state index contributed by atoms with van der Waals surface area (Å²) in [5.41, 5.74) is 5.20. The van der Waals surface area contributed by atoms with Crippen molar-refractivity contribution >= 4 is 16.2 Å². The highest BCUT2D eigenvalue weighted by Crippen LogP contribution is 2.45. The van der Waals surface area contributed by atoms with Gasteiger partial charge in [0.25, 0.3) is 10.0 Å². The van der Waals surface area contributed by atoms with E-state index in [4.69, 9.17) is 4.74 Å². The second kappa shape index (κ2) is 5.16. The van der Waals surface area contributed by atoms with E-state index in [9.17, 15) is 8.42 Å². The van der Waals surface area contributed by atoms with Gasteiger partial charge >= 0.3 is 0 Å². The van der Waals surface area contributed by atoms with E-state index in [1.54, 1.807) is 18.3 Å². The first-order valence-corrected chi connectivity index (χ1v) is 9.90. The minimum Gasteiger partial charge on any atom is -0.365 e. The highest BCUT2D eigenvalue weighted by atomic mass is 32.2. The Balaban J connectivity index is 1.59. The number of aliphatic imine (C=N–C) groups is 1. The van der Waals surface area contributed by atoms with Crippen LogP contribution in [0.5, 0.6) is 0 Å². The van der Waals surface area contributed by atoms with Gasteiger partial charge in [0.1, 0.15) is 0 Å². The largest absolute Gasteiger partial charge is 0.365 e. The molecule has 3 aliphatic heterocycles. The number of rotatable bonds is 2. The van der Waals surface area contributed by atoms with Crippen LogP contribution < -0.4 is 0 Å². The van der Waals surface area contributed by atoms with Gasteiger partial charge in [-0.2, -0.15) is 0 Å². The van der Waals surface area contributed by atoms with Crippen LogP contribution in [0.2, 0.25) is 0 Å². The lowest BCUT2D eigenvalue weighted by Gasteiger charge is -2.36. The van der Waals surface area contributed by atoms with E-state index in [0.717, 1.165) is 35.4 Å². The topological polar surface area (TPSA) is 60.7 Å². The maximum Gasteiger partial charge on any atom is 0.267 e. The van der Waals surface area contributed by atoms with Crippen molar-refractivity contribution in [1.82, 2.24) is 3.97 Å². The smallest absolute Gasteiger partial charge is 0.267 e. The SMILES string of the molecule is Cc1ccc(S(=O)(=O)n2ccc3c2CC2OC3CC3=C2CC=N3)cc1. The molecule has 5 nitrogen and oxygen atoms in total. The Hall–Kier alpha value is -2.18. The Labute approximate surface area is 146 Å². The van der Waals surface area contributed by atoms with E-state index in [1.165, 1.54) is 9.55 Å². The molecule has 2 atom stereocenters. The molecular weight excluding hydrogens is 336 g/mol. The zero-order valence-electron chi connectivity index (χ0n) is 13.8. The molecule has 5 rings (SSSR count). The molecule has 2 bridgehead atoms. The number of hydrogen-bond acceptors (Lipinski definition) is 4. The third kappa shape index (κ3) is 2.17. The van der Waals surface area contributed by atoms with Crippen LogP contribution >= 0.6 is 0 Å². The van der Waals surface area contributed by atoms with Crippen molar-refractivity contribution in [2.24, 2.45) is 4.99 Å². The Morgan fingerprint density at radius 1 is 1.12 bits per heavy atom. The minimum atomic E-state index is -3.59. The number of benzene rings is 1. The maximum atomic E-state index is 13.1. The van der Waals surface area contributed by atoms with Crippen molar-refractivity contribution in [3.8, 4) is 0 Å². The molecule has 4 heterocycles. The van der Waals surface area contributed by atoms with Gasteiger partial charge in [0.15, 0.2) is 0 Å². The molecule has 0 N–H and O–H groups in total. The molecule has 1 aromatic heterocycles. The molecule has 25 heavy (non-hydrogen) atoms. The van der Waals surface area contributed by atoms with Gasteiger partial charge < -0.3 is 4.74 Å². The predicted octanol–water partition coefficient (Wildman–Crippen LogP) is 3.15. The Kier molecular flexibility index (Phi) is 3.12. The van der Waals surface area contributed by atoms with Gasteiger partial charge in [-0.1, -0.05) is 17.7 Å². The fourth-order valence-corrected chi connectivity index (χ4v) is 5.40. The zero-order chi connectivity index (χ0) is 17.2. The van der Waals surface area contributed by atoms with Crippen LogP contribution in [0.25, 0.3) is 0 Å². The van der Waals surface area contributed by atoms with Gasteiger partial charge in [0.05, 0.1) is 17.1 Å². The highest BCUT2D eigenvalue weighted by Gasteiger charge is 2.40. The Bertz CT molecular complexity index is 1030. The van der Waals surface area contributed by atoms with Crippen LogP contribution in [0, 0.1) is 6.92 Å². The summed E-state index contributed by atoms with van der Waals surface area (Å²) in [7, 11) is -3.59. The van der Waals surface area contributed by atoms with Crippen LogP contribution in [0.1, 0.15) is 35.8 Å². The van der Waals surface area contributed by atoms with Crippen LogP contribution in [-0.2, 0) is 21.2 Å². The number of nitrogens with zero attached hydrogens (tertiary/aromatic N) is 2. The molecule has 6 heteroatoms. The first-order valence-electron chi connectivity index (χ1n) is 8.46. The molecule has 0 saturated heterocycles. The van der Waals surface area contributed by atoms with Gasteiger partial charge in [-0.15, -0.1) is 0 Å². The van der Waals surface area contributed by atoms with Crippen LogP contribution in [0.3, 0.4) is 0 Å². The molecule has 3 aliphatic rings. The number of hydrogen-bond donors (Lipinski definition) is 0. The lowest BCUT2D eigenvalue weighted by Crippen LogP contribution is -2.33. The van der Waals surface area contributed by atoms with E-state index in [2.05, 4.69) is 4.99 Å². The summed E-state index contributed by atoms with van der Waals surface area (Å²) in [6.07, 6.45) is 5.54. The molecule has 0 spiro atoms. The quantitative estimate of drug-likeness (QED) is 0.832. The number of aromatic nitrogens is 1. The van der Waals surface area contributed by atoms with Gasteiger partial charge in [0, 0.05) is 48.6 Å². The summed E-state index contributed by atoms with van der Waals surface area (Å²) in [6.45, 7) is 1.95. The number of ether oxygens (including phenoxy) is 1. The summed E-state index contributed by atoms with van der Waals surface area (Å²) < 4.78 is 33.8. The second-order valence-corrected chi connectivity index (χ2v) is 8.66. The normalized spacial score (nSPS) is 24.4. The molecule has 0 saturated carbocycles. The zero-order valence-corrected chi connectivity index (χ0v) is 14.7. The molecular formula is C19H18N2O3S. The molecule has 2 unspecified atom stereocenters. The maximum absolute atomic E-state index is 13.1. The first-order chi connectivity index (χ1) is 12.0. The Morgan fingerprint density at radius 2 is 1.92 bits per heavy atom. The predicted molar refractivity (Wildman–Crippen MR) is 94.3 cm³/mol. The van der Waals surface area contributed by atoms with Gasteiger partial charge in [-0.05, 0) is 30.7 Å². The molecule has 2 aromatic rings. The molecule has 1 aromatic carbocycles. The van der Waals surface area contributed by atoms with Gasteiger partial charge in [-0.25, -0.2) is 12.4 Å². The third-order valence-corrected chi connectivity index (χ3v) is 7.04. The van der Waals surface area contributed by atoms with Crippen molar-refractivity contribution in [3.63, 3.8) is 0 Å². The lowest BCUT2D eigenvalue weighted by molar-refractivity contribution is -0.0183. The minimum absolute atomic E-state index is 0.0642. The molecule has 0 fully saturated rings. The standard InChI is InChI=1S/C19H18N2O3S/c1-12-2-4-13(5-3-12)25(22,23)21-9-7-15-17(21)11-19-14-6-8-20-16(14)10-18(15)24-19/h2-5,7-9,18-19H,6,10-11H2,1H3. The number of fused-ring (bicyclic) bond motifs is 5. The van der Waals surface area contributed by atoms with Crippen LogP contribution in [0.15, 0.2) is 57.7 Å². The summed E-state index contributed by atoms with van der Waals surface area (Å²) in [4.78, 5) is 4.79. The van der Waals surface area contributed by atoms with E-state index in [0.29, 0.717) is 11.3 Å². The average Bonchev–Trinajstić information content (AvgIpc) is 3.22. The van der Waals surface area contributed by atoms with Crippen molar-refractivity contribution in [2.75, 3.05) is 0 Å². The highest BCUT2D eigenvalue weighted by molar-refractivity contribution is 7.90. The molecule has 0 aliphatic carbocycles. The summed E-state index contributed by atoms with van der Waals surface area (Å²) in [5.74, 6) is 0. The van der Waals surface area contributed by atoms with Crippen molar-refractivity contribution in [1.29, 1.82) is 0 Å². The third-order valence-electron chi connectivity index (χ3n) is 5.32. The van der Waals surface area contributed by atoms with E-state index >= 15 is 0 Å². The van der Waals surface area contributed by atoms with Crippen molar-refractivity contribution < 1.29 is 13.2 Å². The van der Waals surface area contributed by atoms with Crippen LogP contribution in [-0.4, -0.2) is 24.7 Å². The Morgan fingerprint density at radius 3 is 2.72 bits per heavy atom. The fraction of sp³-hybridized carbons (Fsp3) is 0.316. The van der Waals surface area contributed by atoms with E-state index in [-0.39, 0.29) is 12.2 Å². The molecule has 128 valence electrons. The monoisotopic (exact) mass is 354 g/mol. The second-order valence-electron chi connectivity index (χ2n) is 6.84. The van der Waals surface area contributed by atoms with E-state index in [1.807, 2.05) is 31.3 Å². The fourth-order valence-electron chi connectivity index (χ4n) is 4.00. The van der Waals surface area contributed by atoms with E-state index < -0.39 is 10.0 Å². The summed E-state index contributed by atoms with van der Waals surface area (Å²) >= 11 is 0. The summed E-state index contributed by atoms with van der Waals surface area (Å²) in [6, 6.07) is 8.87.